The molecular weight excluding hydrogens is 286 g/mol. The van der Waals surface area contributed by atoms with E-state index in [4.69, 9.17) is 4.74 Å². The summed E-state index contributed by atoms with van der Waals surface area (Å²) >= 11 is 0. The van der Waals surface area contributed by atoms with Gasteiger partial charge in [0, 0.05) is 11.7 Å². The number of nitrogens with zero attached hydrogens (tertiary/aromatic N) is 1. The summed E-state index contributed by atoms with van der Waals surface area (Å²) in [5.41, 5.74) is 3.31. The van der Waals surface area contributed by atoms with Crippen LogP contribution in [0.15, 0.2) is 48.5 Å². The summed E-state index contributed by atoms with van der Waals surface area (Å²) in [4.78, 5) is 15.0. The number of carbonyl (C=O) groups excluding carboxylic acids is 1. The van der Waals surface area contributed by atoms with Crippen LogP contribution in [0.2, 0.25) is 0 Å². The molecule has 0 aromatic heterocycles. The first-order valence-corrected chi connectivity index (χ1v) is 8.25. The number of fused-ring (bicyclic) bond motifs is 1. The lowest BCUT2D eigenvalue weighted by Crippen LogP contribution is -2.44. The second kappa shape index (κ2) is 6.45. The van der Waals surface area contributed by atoms with Crippen LogP contribution in [0, 0.1) is 6.92 Å². The Morgan fingerprint density at radius 2 is 1.91 bits per heavy atom. The van der Waals surface area contributed by atoms with Gasteiger partial charge in [-0.2, -0.15) is 0 Å². The molecule has 0 bridgehead atoms. The highest BCUT2D eigenvalue weighted by Crippen LogP contribution is 2.33. The molecule has 0 N–H and O–H groups in total. The van der Waals surface area contributed by atoms with Gasteiger partial charge in [-0.05, 0) is 49.9 Å². The van der Waals surface area contributed by atoms with Gasteiger partial charge in [-0.25, -0.2) is 0 Å². The van der Waals surface area contributed by atoms with E-state index < -0.39 is 6.10 Å². The molecule has 0 radical (unpaired) electrons. The van der Waals surface area contributed by atoms with Crippen LogP contribution in [-0.2, 0) is 11.2 Å². The van der Waals surface area contributed by atoms with Crippen LogP contribution in [0.3, 0.4) is 0 Å². The third-order valence-electron chi connectivity index (χ3n) is 4.45. The molecule has 2 atom stereocenters. The maximum Gasteiger partial charge on any atom is 0.268 e. The van der Waals surface area contributed by atoms with E-state index in [9.17, 15) is 4.79 Å². The summed E-state index contributed by atoms with van der Waals surface area (Å²) in [5, 5.41) is 0. The Bertz CT molecular complexity index is 710. The smallest absolute Gasteiger partial charge is 0.268 e. The number of hydrogen-bond donors (Lipinski definition) is 0. The first-order chi connectivity index (χ1) is 11.1. The van der Waals surface area contributed by atoms with Crippen molar-refractivity contribution < 1.29 is 9.53 Å². The number of hydrogen-bond acceptors (Lipinski definition) is 2. The van der Waals surface area contributed by atoms with E-state index in [1.54, 1.807) is 0 Å². The van der Waals surface area contributed by atoms with E-state index in [-0.39, 0.29) is 11.9 Å². The molecule has 0 saturated heterocycles. The van der Waals surface area contributed by atoms with Gasteiger partial charge < -0.3 is 9.64 Å². The predicted octanol–water partition coefficient (Wildman–Crippen LogP) is 4.13. The largest absolute Gasteiger partial charge is 0.480 e. The highest BCUT2D eigenvalue weighted by molar-refractivity contribution is 5.99. The number of ether oxygens (including phenoxy) is 1. The van der Waals surface area contributed by atoms with Crippen LogP contribution in [0.4, 0.5) is 5.69 Å². The van der Waals surface area contributed by atoms with Crippen LogP contribution in [0.5, 0.6) is 5.75 Å². The molecule has 1 heterocycles. The van der Waals surface area contributed by atoms with Crippen molar-refractivity contribution in [3.8, 4) is 5.75 Å². The molecule has 0 aliphatic carbocycles. The second-order valence-electron chi connectivity index (χ2n) is 6.17. The Balaban J connectivity index is 1.85. The van der Waals surface area contributed by atoms with Crippen LogP contribution in [0.1, 0.15) is 31.4 Å². The molecule has 3 heteroatoms. The van der Waals surface area contributed by atoms with Gasteiger partial charge >= 0.3 is 0 Å². The average Bonchev–Trinajstić information content (AvgIpc) is 2.89. The van der Waals surface area contributed by atoms with E-state index in [0.29, 0.717) is 6.42 Å². The molecule has 0 saturated carbocycles. The Labute approximate surface area is 137 Å². The SMILES string of the molecule is CC[C@H](Oc1ccccc1C)C(=O)N1c2ccccc2C[C@@H]1C. The van der Waals surface area contributed by atoms with Crippen molar-refractivity contribution in [3.63, 3.8) is 0 Å². The minimum atomic E-state index is -0.454. The number of carbonyl (C=O) groups is 1. The highest BCUT2D eigenvalue weighted by Gasteiger charge is 2.35. The first kappa shape index (κ1) is 15.6. The van der Waals surface area contributed by atoms with Gasteiger partial charge in [0.1, 0.15) is 5.75 Å². The molecule has 23 heavy (non-hydrogen) atoms. The van der Waals surface area contributed by atoms with Gasteiger partial charge in [-0.3, -0.25) is 4.79 Å². The molecule has 120 valence electrons. The monoisotopic (exact) mass is 309 g/mol. The van der Waals surface area contributed by atoms with E-state index in [1.807, 2.05) is 61.2 Å². The van der Waals surface area contributed by atoms with E-state index >= 15 is 0 Å². The summed E-state index contributed by atoms with van der Waals surface area (Å²) in [7, 11) is 0. The van der Waals surface area contributed by atoms with Gasteiger partial charge in [-0.1, -0.05) is 43.3 Å². The van der Waals surface area contributed by atoms with Crippen molar-refractivity contribution in [1.29, 1.82) is 0 Å². The summed E-state index contributed by atoms with van der Waals surface area (Å²) in [6.07, 6.45) is 1.10. The Morgan fingerprint density at radius 3 is 2.65 bits per heavy atom. The van der Waals surface area contributed by atoms with Crippen molar-refractivity contribution in [2.24, 2.45) is 0 Å². The molecule has 1 aliphatic heterocycles. The van der Waals surface area contributed by atoms with E-state index in [2.05, 4.69) is 13.0 Å². The molecule has 1 amide bonds. The van der Waals surface area contributed by atoms with Gasteiger partial charge in [0.2, 0.25) is 0 Å². The fraction of sp³-hybridized carbons (Fsp3) is 0.350. The summed E-state index contributed by atoms with van der Waals surface area (Å²) < 4.78 is 6.04. The van der Waals surface area contributed by atoms with Gasteiger partial charge in [-0.15, -0.1) is 0 Å². The lowest BCUT2D eigenvalue weighted by atomic mass is 10.1. The number of benzene rings is 2. The van der Waals surface area contributed by atoms with Crippen molar-refractivity contribution in [2.75, 3.05) is 4.90 Å². The molecular formula is C20H23NO2. The van der Waals surface area contributed by atoms with Gasteiger partial charge in [0.05, 0.1) is 0 Å². The van der Waals surface area contributed by atoms with E-state index in [0.717, 1.165) is 23.4 Å². The molecule has 3 nitrogen and oxygen atoms in total. The molecule has 0 unspecified atom stereocenters. The van der Waals surface area contributed by atoms with Gasteiger partial charge in [0.25, 0.3) is 5.91 Å². The average molecular weight is 309 g/mol. The Morgan fingerprint density at radius 1 is 1.22 bits per heavy atom. The number of rotatable bonds is 4. The summed E-state index contributed by atoms with van der Waals surface area (Å²) in [5.74, 6) is 0.834. The summed E-state index contributed by atoms with van der Waals surface area (Å²) in [6.45, 7) is 6.09. The van der Waals surface area contributed by atoms with Crippen LogP contribution < -0.4 is 9.64 Å². The minimum absolute atomic E-state index is 0.0493. The molecule has 2 aromatic carbocycles. The zero-order valence-corrected chi connectivity index (χ0v) is 14.0. The van der Waals surface area contributed by atoms with Crippen LogP contribution >= 0.6 is 0 Å². The lowest BCUT2D eigenvalue weighted by Gasteiger charge is -2.28. The zero-order valence-electron chi connectivity index (χ0n) is 14.0. The topological polar surface area (TPSA) is 29.5 Å². The Kier molecular flexibility index (Phi) is 4.37. The maximum absolute atomic E-state index is 13.1. The number of anilines is 1. The number of para-hydroxylation sites is 2. The van der Waals surface area contributed by atoms with Crippen molar-refractivity contribution in [1.82, 2.24) is 0 Å². The quantitative estimate of drug-likeness (QED) is 0.850. The lowest BCUT2D eigenvalue weighted by molar-refractivity contribution is -0.125. The van der Waals surface area contributed by atoms with Crippen molar-refractivity contribution >= 4 is 11.6 Å². The number of aryl methyl sites for hydroxylation is 1. The standard InChI is InChI=1S/C20H23NO2/c1-4-18(23-19-12-8-5-9-14(19)2)20(22)21-15(3)13-16-10-6-7-11-17(16)21/h5-12,15,18H,4,13H2,1-3H3/t15-,18-/m0/s1. The highest BCUT2D eigenvalue weighted by atomic mass is 16.5. The van der Waals surface area contributed by atoms with Crippen molar-refractivity contribution in [2.45, 2.75) is 45.8 Å². The van der Waals surface area contributed by atoms with Crippen LogP contribution in [-0.4, -0.2) is 18.1 Å². The van der Waals surface area contributed by atoms with Crippen LogP contribution in [0.25, 0.3) is 0 Å². The van der Waals surface area contributed by atoms with E-state index in [1.165, 1.54) is 5.56 Å². The maximum atomic E-state index is 13.1. The van der Waals surface area contributed by atoms with Crippen molar-refractivity contribution in [3.05, 3.63) is 59.7 Å². The molecule has 0 spiro atoms. The molecule has 0 fully saturated rings. The third kappa shape index (κ3) is 2.96. The second-order valence-corrected chi connectivity index (χ2v) is 6.17. The molecule has 3 rings (SSSR count). The Hall–Kier alpha value is -2.29. The molecule has 2 aromatic rings. The first-order valence-electron chi connectivity index (χ1n) is 8.25. The minimum Gasteiger partial charge on any atom is -0.480 e. The normalized spacial score (nSPS) is 17.7. The summed E-state index contributed by atoms with van der Waals surface area (Å²) in [6, 6.07) is 16.2. The third-order valence-corrected chi connectivity index (χ3v) is 4.45. The fourth-order valence-corrected chi connectivity index (χ4v) is 3.21. The number of amides is 1. The fourth-order valence-electron chi connectivity index (χ4n) is 3.21. The zero-order chi connectivity index (χ0) is 16.4. The van der Waals surface area contributed by atoms with Gasteiger partial charge in [0.15, 0.2) is 6.10 Å². The molecule has 1 aliphatic rings. The predicted molar refractivity (Wildman–Crippen MR) is 93.0 cm³/mol.